The molecule has 31 heavy (non-hydrogen) atoms. The van der Waals surface area contributed by atoms with E-state index in [0.29, 0.717) is 35.2 Å². The first-order valence-corrected chi connectivity index (χ1v) is 11.4. The van der Waals surface area contributed by atoms with E-state index < -0.39 is 6.04 Å². The van der Waals surface area contributed by atoms with Crippen molar-refractivity contribution in [3.63, 3.8) is 0 Å². The van der Waals surface area contributed by atoms with Crippen molar-refractivity contribution in [3.8, 4) is 0 Å². The van der Waals surface area contributed by atoms with Gasteiger partial charge in [-0.3, -0.25) is 9.59 Å². The SMILES string of the molecule is Cc1cccc2c(=O)[nH]c(CSC3CCN(C(=O)C(N)CCCCN)CC3)nc12.Cl.Cl. The lowest BCUT2D eigenvalue weighted by Gasteiger charge is -2.33. The van der Waals surface area contributed by atoms with Crippen molar-refractivity contribution in [1.29, 1.82) is 0 Å². The zero-order chi connectivity index (χ0) is 20.8. The average molecular weight is 491 g/mol. The summed E-state index contributed by atoms with van der Waals surface area (Å²) < 4.78 is 0. The number of aromatic nitrogens is 2. The summed E-state index contributed by atoms with van der Waals surface area (Å²) in [5.41, 5.74) is 13.2. The number of carbonyl (C=O) groups excluding carboxylic acids is 1. The molecule has 1 aliphatic rings. The number of nitrogens with zero attached hydrogens (tertiary/aromatic N) is 2. The number of H-pyrrole nitrogens is 1. The van der Waals surface area contributed by atoms with Gasteiger partial charge in [-0.15, -0.1) is 24.8 Å². The minimum atomic E-state index is -0.416. The normalized spacial score (nSPS) is 15.3. The lowest BCUT2D eigenvalue weighted by molar-refractivity contribution is -0.133. The number of fused-ring (bicyclic) bond motifs is 1. The Morgan fingerprint density at radius 2 is 2.00 bits per heavy atom. The Labute approximate surface area is 199 Å². The van der Waals surface area contributed by atoms with Gasteiger partial charge in [0.05, 0.1) is 22.7 Å². The van der Waals surface area contributed by atoms with Crippen LogP contribution in [-0.2, 0) is 10.5 Å². The maximum Gasteiger partial charge on any atom is 0.258 e. The Balaban J connectivity index is 0.00000240. The molecule has 0 spiro atoms. The highest BCUT2D eigenvalue weighted by Gasteiger charge is 2.26. The van der Waals surface area contributed by atoms with Gasteiger partial charge in [0, 0.05) is 18.3 Å². The highest BCUT2D eigenvalue weighted by molar-refractivity contribution is 7.99. The van der Waals surface area contributed by atoms with Gasteiger partial charge in [-0.25, -0.2) is 4.98 Å². The molecule has 0 bridgehead atoms. The first-order chi connectivity index (χ1) is 14.0. The summed E-state index contributed by atoms with van der Waals surface area (Å²) in [5, 5.41) is 1.08. The van der Waals surface area contributed by atoms with Gasteiger partial charge in [0.2, 0.25) is 5.91 Å². The highest BCUT2D eigenvalue weighted by Crippen LogP contribution is 2.26. The summed E-state index contributed by atoms with van der Waals surface area (Å²) >= 11 is 1.80. The molecular formula is C21H33Cl2N5O2S. The Morgan fingerprint density at radius 1 is 1.29 bits per heavy atom. The molecule has 3 rings (SSSR count). The second kappa shape index (κ2) is 13.3. The van der Waals surface area contributed by atoms with E-state index in [4.69, 9.17) is 11.5 Å². The smallest absolute Gasteiger partial charge is 0.258 e. The van der Waals surface area contributed by atoms with Crippen molar-refractivity contribution in [1.82, 2.24) is 14.9 Å². The molecule has 2 aromatic rings. The van der Waals surface area contributed by atoms with Crippen LogP contribution in [0.2, 0.25) is 0 Å². The zero-order valence-electron chi connectivity index (χ0n) is 17.8. The average Bonchev–Trinajstić information content (AvgIpc) is 2.73. The number of likely N-dealkylation sites (tertiary alicyclic amines) is 1. The lowest BCUT2D eigenvalue weighted by Crippen LogP contribution is -2.47. The number of amides is 1. The highest BCUT2D eigenvalue weighted by atomic mass is 35.5. The Bertz CT molecular complexity index is 903. The molecule has 174 valence electrons. The van der Waals surface area contributed by atoms with Gasteiger partial charge in [0.15, 0.2) is 0 Å². The molecule has 0 radical (unpaired) electrons. The summed E-state index contributed by atoms with van der Waals surface area (Å²) in [4.78, 5) is 34.3. The van der Waals surface area contributed by atoms with Crippen LogP contribution in [0.1, 0.15) is 43.5 Å². The van der Waals surface area contributed by atoms with Crippen LogP contribution >= 0.6 is 36.6 Å². The molecule has 0 aliphatic carbocycles. The van der Waals surface area contributed by atoms with Crippen LogP contribution < -0.4 is 17.0 Å². The molecule has 5 N–H and O–H groups in total. The number of aryl methyl sites for hydroxylation is 1. The topological polar surface area (TPSA) is 118 Å². The van der Waals surface area contributed by atoms with Crippen LogP contribution in [0.15, 0.2) is 23.0 Å². The predicted molar refractivity (Wildman–Crippen MR) is 133 cm³/mol. The number of thioether (sulfide) groups is 1. The number of hydrogen-bond acceptors (Lipinski definition) is 6. The van der Waals surface area contributed by atoms with Crippen molar-refractivity contribution < 1.29 is 4.79 Å². The Hall–Kier alpha value is -1.32. The van der Waals surface area contributed by atoms with Crippen LogP contribution in [0.25, 0.3) is 10.9 Å². The number of nitrogens with one attached hydrogen (secondary N) is 1. The third kappa shape index (κ3) is 7.36. The number of halogens is 2. The van der Waals surface area contributed by atoms with Crippen molar-refractivity contribution >= 4 is 53.4 Å². The predicted octanol–water partition coefficient (Wildman–Crippen LogP) is 2.76. The van der Waals surface area contributed by atoms with Crippen LogP contribution in [0.5, 0.6) is 0 Å². The first kappa shape index (κ1) is 27.7. The van der Waals surface area contributed by atoms with Gasteiger partial charge < -0.3 is 21.4 Å². The molecule has 1 atom stereocenters. The van der Waals surface area contributed by atoms with Crippen LogP contribution in [0.4, 0.5) is 0 Å². The fourth-order valence-electron chi connectivity index (χ4n) is 3.73. The number of piperidine rings is 1. The molecule has 2 heterocycles. The third-order valence-electron chi connectivity index (χ3n) is 5.48. The number of carbonyl (C=O) groups is 1. The molecular weight excluding hydrogens is 457 g/mol. The van der Waals surface area contributed by atoms with E-state index in [0.717, 1.165) is 49.9 Å². The molecule has 0 saturated carbocycles. The molecule has 1 saturated heterocycles. The van der Waals surface area contributed by atoms with Gasteiger partial charge in [-0.2, -0.15) is 11.8 Å². The van der Waals surface area contributed by atoms with E-state index in [-0.39, 0.29) is 36.3 Å². The van der Waals surface area contributed by atoms with Crippen molar-refractivity contribution in [2.75, 3.05) is 19.6 Å². The van der Waals surface area contributed by atoms with Crippen molar-refractivity contribution in [2.24, 2.45) is 11.5 Å². The first-order valence-electron chi connectivity index (χ1n) is 10.3. The van der Waals surface area contributed by atoms with Crippen LogP contribution in [-0.4, -0.2) is 51.7 Å². The molecule has 10 heteroatoms. The number of aromatic amines is 1. The minimum absolute atomic E-state index is 0. The number of rotatable bonds is 8. The fraction of sp³-hybridized carbons (Fsp3) is 0.571. The van der Waals surface area contributed by atoms with E-state index in [9.17, 15) is 9.59 Å². The summed E-state index contributed by atoms with van der Waals surface area (Å²) in [6, 6.07) is 5.24. The van der Waals surface area contributed by atoms with E-state index in [2.05, 4.69) is 9.97 Å². The second-order valence-electron chi connectivity index (χ2n) is 7.71. The number of para-hydroxylation sites is 1. The van der Waals surface area contributed by atoms with Gasteiger partial charge in [0.1, 0.15) is 5.82 Å². The molecule has 1 aromatic carbocycles. The molecule has 1 aromatic heterocycles. The van der Waals surface area contributed by atoms with Gasteiger partial charge >= 0.3 is 0 Å². The molecule has 1 unspecified atom stereocenters. The van der Waals surface area contributed by atoms with Gasteiger partial charge in [-0.05, 0) is 50.8 Å². The van der Waals surface area contributed by atoms with E-state index in [1.54, 1.807) is 17.8 Å². The maximum atomic E-state index is 12.5. The van der Waals surface area contributed by atoms with E-state index in [1.165, 1.54) is 0 Å². The van der Waals surface area contributed by atoms with Gasteiger partial charge in [0.25, 0.3) is 5.56 Å². The number of unbranched alkanes of at least 4 members (excludes halogenated alkanes) is 1. The van der Waals surface area contributed by atoms with Crippen molar-refractivity contribution in [2.45, 2.75) is 56.1 Å². The maximum absolute atomic E-state index is 12.5. The fourth-order valence-corrected chi connectivity index (χ4v) is 4.80. The molecule has 7 nitrogen and oxygen atoms in total. The Kier molecular flexibility index (Phi) is 11.9. The number of nitrogens with two attached hydrogens (primary N) is 2. The summed E-state index contributed by atoms with van der Waals surface area (Å²) in [7, 11) is 0. The van der Waals surface area contributed by atoms with Crippen LogP contribution in [0.3, 0.4) is 0 Å². The Morgan fingerprint density at radius 3 is 2.68 bits per heavy atom. The molecule has 1 amide bonds. The monoisotopic (exact) mass is 489 g/mol. The molecule has 1 fully saturated rings. The van der Waals surface area contributed by atoms with Gasteiger partial charge in [-0.1, -0.05) is 18.6 Å². The van der Waals surface area contributed by atoms with Crippen molar-refractivity contribution in [3.05, 3.63) is 39.9 Å². The van der Waals surface area contributed by atoms with E-state index in [1.807, 2.05) is 24.0 Å². The summed E-state index contributed by atoms with van der Waals surface area (Å²) in [6.07, 6.45) is 4.37. The lowest BCUT2D eigenvalue weighted by atomic mass is 10.1. The van der Waals surface area contributed by atoms with E-state index >= 15 is 0 Å². The minimum Gasteiger partial charge on any atom is -0.341 e. The zero-order valence-corrected chi connectivity index (χ0v) is 20.3. The standard InChI is InChI=1S/C21H31N5O2S.2ClH/c1-14-5-4-6-16-19(14)24-18(25-20(16)27)13-29-15-8-11-26(12-9-15)21(28)17(23)7-2-3-10-22;;/h4-6,15,17H,2-3,7-13,22-23H2,1H3,(H,24,25,27);2*1H. The largest absolute Gasteiger partial charge is 0.341 e. The third-order valence-corrected chi connectivity index (χ3v) is 6.87. The second-order valence-corrected chi connectivity index (χ2v) is 9.00. The summed E-state index contributed by atoms with van der Waals surface area (Å²) in [6.45, 7) is 4.09. The number of benzene rings is 1. The van der Waals surface area contributed by atoms with Crippen LogP contribution in [0, 0.1) is 6.92 Å². The summed E-state index contributed by atoms with van der Waals surface area (Å²) in [5.74, 6) is 1.43. The molecule has 1 aliphatic heterocycles. The number of hydrogen-bond donors (Lipinski definition) is 3. The quantitative estimate of drug-likeness (QED) is 0.490.